The highest BCUT2D eigenvalue weighted by Gasteiger charge is 2.54. The fourth-order valence-electron chi connectivity index (χ4n) is 2.93. The Hall–Kier alpha value is -1.61. The van der Waals surface area contributed by atoms with Gasteiger partial charge in [-0.15, -0.1) is 0 Å². The standard InChI is InChI=1S/C16H18BF4NO3/c1-15(2)16(3,4)25-17(24-15)9-10(18)12(20)14(13(21)11(9)19)22-7-5-6-8(22)23/h5-7H2,1-4H3. The molecule has 9 heteroatoms. The Morgan fingerprint density at radius 1 is 0.920 bits per heavy atom. The van der Waals surface area contributed by atoms with Gasteiger partial charge in [-0.1, -0.05) is 0 Å². The first kappa shape index (κ1) is 18.2. The van der Waals surface area contributed by atoms with E-state index in [4.69, 9.17) is 9.31 Å². The van der Waals surface area contributed by atoms with Crippen molar-refractivity contribution < 1.29 is 31.7 Å². The lowest BCUT2D eigenvalue weighted by Gasteiger charge is -2.32. The summed E-state index contributed by atoms with van der Waals surface area (Å²) in [6.07, 6.45) is 0.432. The van der Waals surface area contributed by atoms with Crippen molar-refractivity contribution in [2.75, 3.05) is 11.4 Å². The van der Waals surface area contributed by atoms with E-state index in [0.717, 1.165) is 4.90 Å². The minimum atomic E-state index is -1.63. The number of hydrogen-bond donors (Lipinski definition) is 0. The third-order valence-corrected chi connectivity index (χ3v) is 5.11. The summed E-state index contributed by atoms with van der Waals surface area (Å²) in [6, 6.07) is 0. The van der Waals surface area contributed by atoms with Gasteiger partial charge in [0.2, 0.25) is 5.91 Å². The number of hydrogen-bond acceptors (Lipinski definition) is 3. The van der Waals surface area contributed by atoms with E-state index in [-0.39, 0.29) is 13.0 Å². The van der Waals surface area contributed by atoms with E-state index in [0.29, 0.717) is 6.42 Å². The molecule has 0 aromatic heterocycles. The molecule has 0 N–H and O–H groups in total. The molecule has 3 rings (SSSR count). The van der Waals surface area contributed by atoms with Gasteiger partial charge in [0.1, 0.15) is 5.69 Å². The van der Waals surface area contributed by atoms with Gasteiger partial charge >= 0.3 is 7.12 Å². The molecule has 4 nitrogen and oxygen atoms in total. The second-order valence-corrected chi connectivity index (χ2v) is 7.26. The lowest BCUT2D eigenvalue weighted by atomic mass is 9.77. The molecule has 2 aliphatic rings. The van der Waals surface area contributed by atoms with Gasteiger partial charge in [-0.2, -0.15) is 0 Å². The number of nitrogens with zero attached hydrogens (tertiary/aromatic N) is 1. The molecule has 0 saturated carbocycles. The van der Waals surface area contributed by atoms with E-state index in [1.807, 2.05) is 0 Å². The normalized spacial score (nSPS) is 22.2. The zero-order valence-electron chi connectivity index (χ0n) is 14.4. The number of carbonyl (C=O) groups is 1. The molecule has 0 unspecified atom stereocenters. The smallest absolute Gasteiger partial charge is 0.399 e. The summed E-state index contributed by atoms with van der Waals surface area (Å²) in [4.78, 5) is 12.4. The van der Waals surface area contributed by atoms with E-state index in [1.165, 1.54) is 0 Å². The average Bonchev–Trinajstić information content (AvgIpc) is 2.99. The number of benzene rings is 1. The van der Waals surface area contributed by atoms with Crippen LogP contribution in [0.1, 0.15) is 40.5 Å². The number of rotatable bonds is 2. The van der Waals surface area contributed by atoms with Crippen molar-refractivity contribution in [3.8, 4) is 0 Å². The summed E-state index contributed by atoms with van der Waals surface area (Å²) < 4.78 is 69.1. The minimum absolute atomic E-state index is 0.00138. The predicted octanol–water partition coefficient (Wildman–Crippen LogP) is 2.67. The SMILES string of the molecule is CC1(C)OB(c2c(F)c(F)c(N3CCCC3=O)c(F)c2F)OC1(C)C. The van der Waals surface area contributed by atoms with Crippen molar-refractivity contribution in [3.63, 3.8) is 0 Å². The number of amides is 1. The van der Waals surface area contributed by atoms with Crippen LogP contribution in [0, 0.1) is 23.3 Å². The van der Waals surface area contributed by atoms with Gasteiger partial charge < -0.3 is 14.2 Å². The molecule has 2 heterocycles. The Kier molecular flexibility index (Phi) is 4.15. The summed E-state index contributed by atoms with van der Waals surface area (Å²) in [5, 5.41) is 0. The van der Waals surface area contributed by atoms with Crippen molar-refractivity contribution in [2.45, 2.75) is 51.7 Å². The minimum Gasteiger partial charge on any atom is -0.399 e. The van der Waals surface area contributed by atoms with E-state index in [2.05, 4.69) is 0 Å². The Labute approximate surface area is 143 Å². The van der Waals surface area contributed by atoms with Gasteiger partial charge in [0.15, 0.2) is 23.3 Å². The number of halogens is 4. The van der Waals surface area contributed by atoms with Crippen LogP contribution in [0.4, 0.5) is 23.2 Å². The molecule has 2 saturated heterocycles. The summed E-state index contributed by atoms with van der Waals surface area (Å²) in [7, 11) is -1.60. The first-order valence-electron chi connectivity index (χ1n) is 8.00. The highest BCUT2D eigenvalue weighted by molar-refractivity contribution is 6.62. The molecule has 1 amide bonds. The zero-order chi connectivity index (χ0) is 18.7. The van der Waals surface area contributed by atoms with Crippen LogP contribution in [0.5, 0.6) is 0 Å². The maximum atomic E-state index is 14.6. The first-order chi connectivity index (χ1) is 11.5. The molecule has 0 atom stereocenters. The highest BCUT2D eigenvalue weighted by atomic mass is 19.2. The van der Waals surface area contributed by atoms with Crippen LogP contribution in [0.2, 0.25) is 0 Å². The van der Waals surface area contributed by atoms with Crippen molar-refractivity contribution in [3.05, 3.63) is 23.3 Å². The van der Waals surface area contributed by atoms with Crippen LogP contribution in [-0.2, 0) is 14.1 Å². The molecular formula is C16H18BF4NO3. The van der Waals surface area contributed by atoms with Crippen molar-refractivity contribution in [2.24, 2.45) is 0 Å². The monoisotopic (exact) mass is 359 g/mol. The topological polar surface area (TPSA) is 38.8 Å². The fraction of sp³-hybridized carbons (Fsp3) is 0.562. The van der Waals surface area contributed by atoms with Gasteiger partial charge in [-0.05, 0) is 34.1 Å². The lowest BCUT2D eigenvalue weighted by molar-refractivity contribution is -0.117. The molecule has 0 spiro atoms. The van der Waals surface area contributed by atoms with Crippen LogP contribution in [-0.4, -0.2) is 30.8 Å². The van der Waals surface area contributed by atoms with Crippen LogP contribution in [0.25, 0.3) is 0 Å². The fourth-order valence-corrected chi connectivity index (χ4v) is 2.93. The second-order valence-electron chi connectivity index (χ2n) is 7.26. The number of carbonyl (C=O) groups excluding carboxylic acids is 1. The Morgan fingerprint density at radius 2 is 1.40 bits per heavy atom. The summed E-state index contributed by atoms with van der Waals surface area (Å²) >= 11 is 0. The maximum Gasteiger partial charge on any atom is 0.501 e. The van der Waals surface area contributed by atoms with Crippen molar-refractivity contribution >= 4 is 24.2 Å². The van der Waals surface area contributed by atoms with Gasteiger partial charge in [-0.3, -0.25) is 4.79 Å². The summed E-state index contributed by atoms with van der Waals surface area (Å²) in [6.45, 7) is 6.58. The largest absolute Gasteiger partial charge is 0.501 e. The molecule has 0 radical (unpaired) electrons. The quantitative estimate of drug-likeness (QED) is 0.463. The summed E-state index contributed by atoms with van der Waals surface area (Å²) in [5.41, 5.74) is -3.85. The van der Waals surface area contributed by atoms with Crippen LogP contribution >= 0.6 is 0 Å². The molecule has 25 heavy (non-hydrogen) atoms. The van der Waals surface area contributed by atoms with Gasteiger partial charge in [0, 0.05) is 13.0 Å². The van der Waals surface area contributed by atoms with E-state index >= 15 is 0 Å². The molecule has 136 valence electrons. The zero-order valence-corrected chi connectivity index (χ0v) is 14.4. The van der Waals surface area contributed by atoms with Crippen LogP contribution < -0.4 is 10.4 Å². The molecular weight excluding hydrogens is 341 g/mol. The average molecular weight is 359 g/mol. The Bertz CT molecular complexity index is 708. The van der Waals surface area contributed by atoms with E-state index < -0.39 is 58.6 Å². The molecule has 0 bridgehead atoms. The Morgan fingerprint density at radius 3 is 1.80 bits per heavy atom. The van der Waals surface area contributed by atoms with E-state index in [1.54, 1.807) is 27.7 Å². The van der Waals surface area contributed by atoms with Crippen LogP contribution in [0.3, 0.4) is 0 Å². The molecule has 2 fully saturated rings. The third kappa shape index (κ3) is 2.64. The number of anilines is 1. The maximum absolute atomic E-state index is 14.6. The van der Waals surface area contributed by atoms with Gasteiger partial charge in [0.25, 0.3) is 0 Å². The molecule has 1 aromatic rings. The van der Waals surface area contributed by atoms with Crippen LogP contribution in [0.15, 0.2) is 0 Å². The highest BCUT2D eigenvalue weighted by Crippen LogP contribution is 2.38. The van der Waals surface area contributed by atoms with E-state index in [9.17, 15) is 22.4 Å². The van der Waals surface area contributed by atoms with Crippen molar-refractivity contribution in [1.29, 1.82) is 0 Å². The molecule has 1 aromatic carbocycles. The van der Waals surface area contributed by atoms with Gasteiger partial charge in [-0.25, -0.2) is 17.6 Å². The third-order valence-electron chi connectivity index (χ3n) is 5.11. The first-order valence-corrected chi connectivity index (χ1v) is 8.00. The van der Waals surface area contributed by atoms with Gasteiger partial charge in [0.05, 0.1) is 16.7 Å². The molecule has 0 aliphatic carbocycles. The Balaban J connectivity index is 2.11. The molecule has 2 aliphatic heterocycles. The second kappa shape index (κ2) is 5.70. The predicted molar refractivity (Wildman–Crippen MR) is 83.6 cm³/mol. The van der Waals surface area contributed by atoms with Crippen molar-refractivity contribution in [1.82, 2.24) is 0 Å². The lowest BCUT2D eigenvalue weighted by Crippen LogP contribution is -2.41. The summed E-state index contributed by atoms with van der Waals surface area (Å²) in [5.74, 6) is -7.07.